The predicted octanol–water partition coefficient (Wildman–Crippen LogP) is 15.6. The summed E-state index contributed by atoms with van der Waals surface area (Å²) in [5.74, 6) is 0.987. The Bertz CT molecular complexity index is 4620. The molecular weight excluding hydrogens is 1060 g/mol. The summed E-state index contributed by atoms with van der Waals surface area (Å²) >= 11 is 2.28. The molecule has 0 atom stereocenters. The second-order valence-corrected chi connectivity index (χ2v) is 20.1. The maximum atomic E-state index is 9.59. The van der Waals surface area contributed by atoms with Gasteiger partial charge in [-0.2, -0.15) is 0 Å². The molecule has 0 aliphatic carbocycles. The van der Waals surface area contributed by atoms with Gasteiger partial charge < -0.3 is 0 Å². The number of para-hydroxylation sites is 6. The average molecular weight is 1120 g/mol. The molecule has 0 amide bonds. The number of nitrogens with zero attached hydrogens (tertiary/aromatic N) is 5. The molecule has 11 aromatic rings. The van der Waals surface area contributed by atoms with Crippen molar-refractivity contribution in [2.75, 3.05) is 9.62 Å². The van der Waals surface area contributed by atoms with Gasteiger partial charge in [0.25, 0.3) is 0 Å². The van der Waals surface area contributed by atoms with Gasteiger partial charge >= 0.3 is 374 Å². The summed E-state index contributed by atoms with van der Waals surface area (Å²) in [5.41, 5.74) is 13.0. The molecule has 0 unspecified atom stereocenters. The van der Waals surface area contributed by atoms with Crippen molar-refractivity contribution in [2.24, 2.45) is 0 Å². The summed E-state index contributed by atoms with van der Waals surface area (Å²) in [7, 11) is 0. The molecule has 2 aromatic heterocycles. The van der Waals surface area contributed by atoms with Gasteiger partial charge in [0, 0.05) is 11.3 Å². The van der Waals surface area contributed by atoms with Crippen LogP contribution in [0, 0.1) is 3.80 Å². The molecule has 0 saturated heterocycles. The van der Waals surface area contributed by atoms with E-state index in [4.69, 9.17) is 17.9 Å². The van der Waals surface area contributed by atoms with Gasteiger partial charge in [-0.05, 0) is 17.7 Å². The Morgan fingerprint density at radius 3 is 1.81 bits per heavy atom. The van der Waals surface area contributed by atoms with E-state index in [2.05, 4.69) is 113 Å². The summed E-state index contributed by atoms with van der Waals surface area (Å²) in [6.45, 7) is 5.86. The molecule has 14 rings (SSSR count). The Hall–Kier alpha value is -8.25. The van der Waals surface area contributed by atoms with E-state index < -0.39 is 41.7 Å². The van der Waals surface area contributed by atoms with Crippen molar-refractivity contribution in [3.63, 3.8) is 0 Å². The van der Waals surface area contributed by atoms with E-state index >= 15 is 0 Å². The van der Waals surface area contributed by atoms with Crippen LogP contribution >= 0.6 is 0 Å². The Morgan fingerprint density at radius 1 is 0.514 bits per heavy atom. The third-order valence-corrected chi connectivity index (χ3v) is 15.0. The first-order valence-electron chi connectivity index (χ1n) is 28.8. The van der Waals surface area contributed by atoms with Crippen molar-refractivity contribution in [1.82, 2.24) is 14.1 Å². The third kappa shape index (κ3) is 6.40. The van der Waals surface area contributed by atoms with Crippen LogP contribution in [0.5, 0.6) is 11.6 Å². The van der Waals surface area contributed by atoms with E-state index in [0.717, 1.165) is 66.9 Å². The Balaban J connectivity index is 1.03. The first-order chi connectivity index (χ1) is 39.5. The molecular formula is C64H46BN5OPt. The van der Waals surface area contributed by atoms with Gasteiger partial charge in [-0.15, -0.1) is 0 Å². The van der Waals surface area contributed by atoms with E-state index in [1.807, 2.05) is 103 Å². The first-order valence-corrected chi connectivity index (χ1v) is 24.9. The van der Waals surface area contributed by atoms with Crippen molar-refractivity contribution in [2.45, 2.75) is 26.2 Å². The number of imidazole rings is 1. The minimum atomic E-state index is -0.760. The predicted molar refractivity (Wildman–Crippen MR) is 292 cm³/mol. The van der Waals surface area contributed by atoms with Gasteiger partial charge in [-0.25, -0.2) is 0 Å². The third-order valence-electron chi connectivity index (χ3n) is 14.0. The summed E-state index contributed by atoms with van der Waals surface area (Å²) < 4.78 is 102. The van der Waals surface area contributed by atoms with Gasteiger partial charge in [0.05, 0.1) is 1.37 Å². The Morgan fingerprint density at radius 2 is 1.08 bits per heavy atom. The summed E-state index contributed by atoms with van der Waals surface area (Å²) in [5, 5.41) is 0. The van der Waals surface area contributed by atoms with E-state index in [-0.39, 0.29) is 53.7 Å². The van der Waals surface area contributed by atoms with Gasteiger partial charge in [0.15, 0.2) is 0 Å². The summed E-state index contributed by atoms with van der Waals surface area (Å²) in [4.78, 5) is 10.2. The molecule has 0 radical (unpaired) electrons. The quantitative estimate of drug-likeness (QED) is 0.149. The number of anilines is 4. The molecule has 72 heavy (non-hydrogen) atoms. The monoisotopic (exact) mass is 1120 g/mol. The standard InChI is InChI=1S/C64H46BN5O.Pt/c1-64(2,3)59-57(44-26-11-6-12-27-44)63(66-62-58(59)51-34-21-33-50-49-30-13-14-35-52(49)69-55-38-17-18-39-56(55)70(62)65(69)60(50)51)71-46-29-19-28-45(40-46)67-41-68(54-37-16-15-36-53(54)67)61-47(42-22-7-4-8-23-42)31-20-32-48(61)43-24-9-5-10-25-43;/h4-40H,1-3H3;/i4D,6D,7D,8D,11D,12D,22D,23D,26D,27D;. The number of aromatic nitrogens is 3. The molecule has 0 N–H and O–H groups in total. The van der Waals surface area contributed by atoms with Crippen LogP contribution in [0.3, 0.4) is 0 Å². The molecule has 3 aliphatic heterocycles. The number of pyridine rings is 1. The molecule has 8 heteroatoms. The first kappa shape index (κ1) is 33.4. The number of ether oxygens (including phenoxy) is 1. The topological polar surface area (TPSA) is 38.5 Å². The number of fused-ring (bicyclic) bond motifs is 10. The molecule has 6 nitrogen and oxygen atoms in total. The van der Waals surface area contributed by atoms with E-state index in [1.165, 1.54) is 0 Å². The fourth-order valence-corrected chi connectivity index (χ4v) is 12.3. The molecule has 5 heterocycles. The zero-order chi connectivity index (χ0) is 56.9. The second kappa shape index (κ2) is 16.4. The van der Waals surface area contributed by atoms with Crippen LogP contribution in [0.25, 0.3) is 78.0 Å². The molecule has 9 aromatic carbocycles. The van der Waals surface area contributed by atoms with Crippen LogP contribution in [0.4, 0.5) is 22.9 Å². The van der Waals surface area contributed by atoms with Crippen LogP contribution in [0.15, 0.2) is 224 Å². The number of rotatable bonds is 7. The fourth-order valence-electron chi connectivity index (χ4n) is 11.2. The molecule has 0 bridgehead atoms. The van der Waals surface area contributed by atoms with E-state index in [9.17, 15) is 5.48 Å². The minimum absolute atomic E-state index is 0.0304. The van der Waals surface area contributed by atoms with E-state index in [1.54, 1.807) is 6.07 Å². The maximum absolute atomic E-state index is 9.59. The average Bonchev–Trinajstić information content (AvgIpc) is 1.94. The summed E-state index contributed by atoms with van der Waals surface area (Å²) in [6, 6.07) is 49.6. The van der Waals surface area contributed by atoms with Crippen LogP contribution < -0.4 is 19.8 Å². The molecule has 0 fully saturated rings. The van der Waals surface area contributed by atoms with Crippen LogP contribution in [0.2, 0.25) is 0 Å². The van der Waals surface area contributed by atoms with Crippen LogP contribution in [0.1, 0.15) is 40.0 Å². The van der Waals surface area contributed by atoms with Crippen molar-refractivity contribution in [3.8, 4) is 78.6 Å². The second-order valence-electron chi connectivity index (χ2n) is 19.1. The fraction of sp³-hybridized carbons (Fsp3) is 0.0625. The van der Waals surface area contributed by atoms with Crippen molar-refractivity contribution < 1.29 is 37.8 Å². The van der Waals surface area contributed by atoms with Crippen LogP contribution in [-0.2, 0) is 24.8 Å². The molecule has 0 spiro atoms. The number of hydrogen-bond acceptors (Lipinski definition) is 4. The summed E-state index contributed by atoms with van der Waals surface area (Å²) in [6.07, 6.45) is 0. The zero-order valence-corrected chi connectivity index (χ0v) is 41.4. The SMILES string of the molecule is [2H]c1c([2H])c([2H])c(-c2cccc(-c3ccccc3)c2-n2[c](=[Pt])n(-c3cccc(Oc4nc5c(c(C(C)(C)C)c4-c4c([2H])c([2H])c([2H])c([2H])c4[2H])-c4cccc6c4B4N(c7ccccc7-6)c6ccccc6N45)c3)c3ccccc32)c([2H])c1[2H]. The van der Waals surface area contributed by atoms with Crippen LogP contribution in [-0.4, -0.2) is 21.1 Å². The number of benzene rings is 9. The van der Waals surface area contributed by atoms with Gasteiger partial charge in [-0.3, -0.25) is 0 Å². The Kier molecular flexibility index (Phi) is 7.60. The molecule has 0 saturated carbocycles. The zero-order valence-electron chi connectivity index (χ0n) is 49.1. The van der Waals surface area contributed by atoms with Gasteiger partial charge in [-0.1, -0.05) is 42.5 Å². The van der Waals surface area contributed by atoms with Crippen molar-refractivity contribution in [1.29, 1.82) is 0 Å². The molecule has 3 aliphatic rings. The molecule has 346 valence electrons. The van der Waals surface area contributed by atoms with E-state index in [0.29, 0.717) is 37.9 Å². The Labute approximate surface area is 444 Å². The normalized spacial score (nSPS) is 14.9. The van der Waals surface area contributed by atoms with Crippen molar-refractivity contribution in [3.05, 3.63) is 234 Å². The van der Waals surface area contributed by atoms with Gasteiger partial charge in [0.1, 0.15) is 0 Å². The van der Waals surface area contributed by atoms with Gasteiger partial charge in [0.2, 0.25) is 0 Å². The van der Waals surface area contributed by atoms with Crippen molar-refractivity contribution >= 4 is 46.4 Å². The number of hydrogen-bond donors (Lipinski definition) is 0.